The first-order chi connectivity index (χ1) is 12.4. The Hall–Kier alpha value is -2.53. The molecule has 0 radical (unpaired) electrons. The molecule has 2 aromatic carbocycles. The summed E-state index contributed by atoms with van der Waals surface area (Å²) in [5, 5.41) is 11.7. The van der Waals surface area contributed by atoms with E-state index in [-0.39, 0.29) is 5.41 Å². The van der Waals surface area contributed by atoms with Gasteiger partial charge in [-0.3, -0.25) is 0 Å². The number of benzene rings is 2. The summed E-state index contributed by atoms with van der Waals surface area (Å²) in [7, 11) is 0. The fourth-order valence-electron chi connectivity index (χ4n) is 2.67. The van der Waals surface area contributed by atoms with Crippen molar-refractivity contribution < 1.29 is 0 Å². The second kappa shape index (κ2) is 7.38. The molecule has 0 aliphatic heterocycles. The maximum absolute atomic E-state index is 5.34. The first kappa shape index (κ1) is 18.3. The van der Waals surface area contributed by atoms with Gasteiger partial charge in [0.1, 0.15) is 0 Å². The van der Waals surface area contributed by atoms with Crippen LogP contribution in [0.4, 0.5) is 0 Å². The molecule has 0 fully saturated rings. The van der Waals surface area contributed by atoms with Crippen LogP contribution >= 0.6 is 12.2 Å². The maximum atomic E-state index is 5.34. The summed E-state index contributed by atoms with van der Waals surface area (Å²) in [4.78, 5) is 0. The Bertz CT molecular complexity index is 955. The normalized spacial score (nSPS) is 12.0. The molecule has 0 aliphatic rings. The highest BCUT2D eigenvalue weighted by atomic mass is 32.1. The van der Waals surface area contributed by atoms with Gasteiger partial charge in [0.2, 0.25) is 4.77 Å². The van der Waals surface area contributed by atoms with E-state index in [4.69, 9.17) is 12.2 Å². The molecule has 26 heavy (non-hydrogen) atoms. The second-order valence-electron chi connectivity index (χ2n) is 7.33. The van der Waals surface area contributed by atoms with Crippen molar-refractivity contribution in [3.05, 3.63) is 70.0 Å². The standard InChI is InChI=1S/C21H24N4S/c1-5-15-6-8-16(9-7-15)14-22-25-19(23-24-20(25)26)17-10-12-18(13-11-17)21(2,3)4/h6-14H,5H2,1-4H3,(H,24,26). The van der Waals surface area contributed by atoms with Crippen LogP contribution in [0.2, 0.25) is 0 Å². The van der Waals surface area contributed by atoms with E-state index < -0.39 is 0 Å². The van der Waals surface area contributed by atoms with E-state index in [9.17, 15) is 0 Å². The minimum Gasteiger partial charge on any atom is -0.250 e. The zero-order valence-electron chi connectivity index (χ0n) is 15.7. The van der Waals surface area contributed by atoms with Crippen molar-refractivity contribution in [3.63, 3.8) is 0 Å². The van der Waals surface area contributed by atoms with Gasteiger partial charge < -0.3 is 0 Å². The molecule has 0 spiro atoms. The van der Waals surface area contributed by atoms with E-state index in [1.165, 1.54) is 11.1 Å². The fourth-order valence-corrected chi connectivity index (χ4v) is 2.85. The van der Waals surface area contributed by atoms with Gasteiger partial charge in [0, 0.05) is 5.56 Å². The van der Waals surface area contributed by atoms with Crippen LogP contribution < -0.4 is 0 Å². The van der Waals surface area contributed by atoms with Crippen LogP contribution in [0, 0.1) is 4.77 Å². The van der Waals surface area contributed by atoms with Crippen LogP contribution in [0.1, 0.15) is 44.4 Å². The fraction of sp³-hybridized carbons (Fsp3) is 0.286. The molecule has 3 aromatic rings. The van der Waals surface area contributed by atoms with E-state index in [1.807, 2.05) is 0 Å². The van der Waals surface area contributed by atoms with Crippen LogP contribution in [0.5, 0.6) is 0 Å². The Morgan fingerprint density at radius 1 is 1.08 bits per heavy atom. The highest BCUT2D eigenvalue weighted by molar-refractivity contribution is 7.71. The second-order valence-corrected chi connectivity index (χ2v) is 7.72. The smallest absolute Gasteiger partial charge is 0.216 e. The summed E-state index contributed by atoms with van der Waals surface area (Å²) in [6.07, 6.45) is 2.83. The summed E-state index contributed by atoms with van der Waals surface area (Å²) in [5.74, 6) is 0.705. The topological polar surface area (TPSA) is 46.0 Å². The molecule has 1 N–H and O–H groups in total. The molecule has 5 heteroatoms. The third-order valence-corrected chi connectivity index (χ3v) is 4.63. The number of rotatable bonds is 4. The highest BCUT2D eigenvalue weighted by Crippen LogP contribution is 2.25. The van der Waals surface area contributed by atoms with Gasteiger partial charge in [0.05, 0.1) is 6.21 Å². The van der Waals surface area contributed by atoms with Crippen LogP contribution in [0.15, 0.2) is 53.6 Å². The summed E-state index contributed by atoms with van der Waals surface area (Å²) in [6, 6.07) is 16.7. The number of hydrogen-bond acceptors (Lipinski definition) is 3. The Balaban J connectivity index is 1.91. The lowest BCUT2D eigenvalue weighted by Gasteiger charge is -2.18. The molecule has 0 bridgehead atoms. The third-order valence-electron chi connectivity index (χ3n) is 4.37. The molecule has 1 aromatic heterocycles. The first-order valence-corrected chi connectivity index (χ1v) is 9.21. The van der Waals surface area contributed by atoms with E-state index in [0.717, 1.165) is 17.5 Å². The molecule has 0 saturated heterocycles. The first-order valence-electron chi connectivity index (χ1n) is 8.80. The van der Waals surface area contributed by atoms with Crippen molar-refractivity contribution in [2.45, 2.75) is 39.5 Å². The maximum Gasteiger partial charge on any atom is 0.216 e. The number of aryl methyl sites for hydroxylation is 1. The number of aromatic amines is 1. The summed E-state index contributed by atoms with van der Waals surface area (Å²) < 4.78 is 2.14. The third kappa shape index (κ3) is 3.99. The Kier molecular flexibility index (Phi) is 5.18. The van der Waals surface area contributed by atoms with Gasteiger partial charge in [-0.25, -0.2) is 5.10 Å². The lowest BCUT2D eigenvalue weighted by Crippen LogP contribution is -2.10. The predicted molar refractivity (Wildman–Crippen MR) is 110 cm³/mol. The van der Waals surface area contributed by atoms with Gasteiger partial charge >= 0.3 is 0 Å². The van der Waals surface area contributed by atoms with Crippen LogP contribution in [0.25, 0.3) is 11.4 Å². The highest BCUT2D eigenvalue weighted by Gasteiger charge is 2.14. The van der Waals surface area contributed by atoms with Gasteiger partial charge in [-0.2, -0.15) is 14.9 Å². The Morgan fingerprint density at radius 3 is 2.31 bits per heavy atom. The molecule has 0 saturated carbocycles. The molecule has 134 valence electrons. The van der Waals surface area contributed by atoms with Crippen molar-refractivity contribution >= 4 is 18.4 Å². The van der Waals surface area contributed by atoms with Gasteiger partial charge in [-0.15, -0.1) is 0 Å². The SMILES string of the molecule is CCc1ccc(C=Nn2c(-c3ccc(C(C)(C)C)cc3)n[nH]c2=S)cc1. The Morgan fingerprint density at radius 2 is 1.73 bits per heavy atom. The van der Waals surface area contributed by atoms with Crippen molar-refractivity contribution in [1.82, 2.24) is 14.9 Å². The van der Waals surface area contributed by atoms with Crippen LogP contribution in [-0.4, -0.2) is 21.1 Å². The van der Waals surface area contributed by atoms with Gasteiger partial charge in [0.15, 0.2) is 5.82 Å². The lowest BCUT2D eigenvalue weighted by atomic mass is 9.87. The minimum atomic E-state index is 0.117. The van der Waals surface area contributed by atoms with Gasteiger partial charge in [-0.1, -0.05) is 76.2 Å². The molecule has 0 aliphatic carbocycles. The average molecular weight is 365 g/mol. The number of nitrogens with one attached hydrogen (secondary N) is 1. The van der Waals surface area contributed by atoms with E-state index in [1.54, 1.807) is 10.9 Å². The summed E-state index contributed by atoms with van der Waals surface area (Å²) in [6.45, 7) is 8.75. The van der Waals surface area contributed by atoms with Gasteiger partial charge in [-0.05, 0) is 40.7 Å². The molecule has 0 unspecified atom stereocenters. The van der Waals surface area contributed by atoms with E-state index in [0.29, 0.717) is 10.6 Å². The molecule has 0 atom stereocenters. The molecule has 4 nitrogen and oxygen atoms in total. The molecular weight excluding hydrogens is 340 g/mol. The van der Waals surface area contributed by atoms with Crippen molar-refractivity contribution in [2.24, 2.45) is 5.10 Å². The van der Waals surface area contributed by atoms with E-state index in [2.05, 4.69) is 91.5 Å². The van der Waals surface area contributed by atoms with Crippen molar-refractivity contribution in [3.8, 4) is 11.4 Å². The summed E-state index contributed by atoms with van der Waals surface area (Å²) in [5.41, 5.74) is 4.71. The quantitative estimate of drug-likeness (QED) is 0.501. The number of nitrogens with zero attached hydrogens (tertiary/aromatic N) is 3. The van der Waals surface area contributed by atoms with Crippen LogP contribution in [-0.2, 0) is 11.8 Å². The minimum absolute atomic E-state index is 0.117. The molecule has 3 rings (SSSR count). The Labute approximate surface area is 159 Å². The lowest BCUT2D eigenvalue weighted by molar-refractivity contribution is 0.590. The van der Waals surface area contributed by atoms with Crippen molar-refractivity contribution in [1.29, 1.82) is 0 Å². The molecule has 1 heterocycles. The number of aromatic nitrogens is 3. The van der Waals surface area contributed by atoms with E-state index >= 15 is 0 Å². The molecule has 0 amide bonds. The zero-order valence-corrected chi connectivity index (χ0v) is 16.5. The zero-order chi connectivity index (χ0) is 18.7. The average Bonchev–Trinajstić information content (AvgIpc) is 3.00. The molecular formula is C21H24N4S. The summed E-state index contributed by atoms with van der Waals surface area (Å²) >= 11 is 5.34. The van der Waals surface area contributed by atoms with Crippen LogP contribution in [0.3, 0.4) is 0 Å². The largest absolute Gasteiger partial charge is 0.250 e. The number of H-pyrrole nitrogens is 1. The van der Waals surface area contributed by atoms with Crippen molar-refractivity contribution in [2.75, 3.05) is 0 Å². The predicted octanol–water partition coefficient (Wildman–Crippen LogP) is 5.35. The van der Waals surface area contributed by atoms with Gasteiger partial charge in [0.25, 0.3) is 0 Å². The monoisotopic (exact) mass is 364 g/mol. The number of hydrogen-bond donors (Lipinski definition) is 1.